The summed E-state index contributed by atoms with van der Waals surface area (Å²) in [5, 5.41) is 7.72. The van der Waals surface area contributed by atoms with Gasteiger partial charge in [0.2, 0.25) is 12.6 Å². The highest BCUT2D eigenvalue weighted by Crippen LogP contribution is 2.32. The maximum Gasteiger partial charge on any atom is 0.306 e. The molecular weight excluding hydrogens is 344 g/mol. The van der Waals surface area contributed by atoms with Gasteiger partial charge in [-0.3, -0.25) is 4.79 Å². The molecule has 7 nitrogen and oxygen atoms in total. The molecule has 3 heterocycles. The predicted octanol–water partition coefficient (Wildman–Crippen LogP) is 3.20. The number of rotatable bonds is 6. The summed E-state index contributed by atoms with van der Waals surface area (Å²) >= 11 is 1.55. The van der Waals surface area contributed by atoms with E-state index in [-0.39, 0.29) is 31.7 Å². The van der Waals surface area contributed by atoms with Crippen molar-refractivity contribution in [3.05, 3.63) is 46.5 Å². The molecule has 0 N–H and O–H groups in total. The van der Waals surface area contributed by atoms with Gasteiger partial charge in [-0.2, -0.15) is 16.3 Å². The fourth-order valence-electron chi connectivity index (χ4n) is 2.38. The lowest BCUT2D eigenvalue weighted by Crippen LogP contribution is -2.06. The Kier molecular flexibility index (Phi) is 4.34. The molecule has 0 saturated carbocycles. The van der Waals surface area contributed by atoms with Crippen LogP contribution in [0, 0.1) is 0 Å². The minimum Gasteiger partial charge on any atom is -0.456 e. The van der Waals surface area contributed by atoms with Crippen molar-refractivity contribution >= 4 is 17.3 Å². The van der Waals surface area contributed by atoms with E-state index >= 15 is 0 Å². The summed E-state index contributed by atoms with van der Waals surface area (Å²) in [6.07, 6.45) is 0.810. The Morgan fingerprint density at radius 2 is 2.16 bits per heavy atom. The van der Waals surface area contributed by atoms with Crippen LogP contribution in [0.3, 0.4) is 0 Å². The average molecular weight is 358 g/mol. The third kappa shape index (κ3) is 3.63. The summed E-state index contributed by atoms with van der Waals surface area (Å²) in [5.41, 5.74) is 1.87. The molecule has 8 heteroatoms. The third-order valence-electron chi connectivity index (χ3n) is 3.66. The van der Waals surface area contributed by atoms with Gasteiger partial charge < -0.3 is 18.7 Å². The molecule has 1 aliphatic rings. The number of fused-ring (bicyclic) bond motifs is 1. The highest BCUT2D eigenvalue weighted by atomic mass is 32.1. The van der Waals surface area contributed by atoms with E-state index in [1.807, 2.05) is 35.0 Å². The largest absolute Gasteiger partial charge is 0.456 e. The first-order valence-corrected chi connectivity index (χ1v) is 8.61. The number of benzene rings is 1. The van der Waals surface area contributed by atoms with Gasteiger partial charge in [-0.15, -0.1) is 0 Å². The first-order chi connectivity index (χ1) is 12.3. The molecule has 128 valence electrons. The second-order valence-corrected chi connectivity index (χ2v) is 6.15. The van der Waals surface area contributed by atoms with Crippen molar-refractivity contribution in [3.8, 4) is 22.9 Å². The van der Waals surface area contributed by atoms with Crippen LogP contribution in [0.15, 0.2) is 39.5 Å². The highest BCUT2D eigenvalue weighted by molar-refractivity contribution is 7.08. The van der Waals surface area contributed by atoms with Crippen LogP contribution in [-0.4, -0.2) is 22.9 Å². The number of thiophene rings is 1. The molecule has 4 rings (SSSR count). The lowest BCUT2D eigenvalue weighted by atomic mass is 10.1. The van der Waals surface area contributed by atoms with E-state index in [2.05, 4.69) is 10.1 Å². The number of aryl methyl sites for hydroxylation is 1. The van der Waals surface area contributed by atoms with Crippen molar-refractivity contribution in [1.82, 2.24) is 10.1 Å². The Bertz CT molecular complexity index is 875. The number of nitrogens with zero attached hydrogens (tertiary/aromatic N) is 2. The van der Waals surface area contributed by atoms with E-state index in [4.69, 9.17) is 18.7 Å². The van der Waals surface area contributed by atoms with Crippen LogP contribution >= 0.6 is 11.3 Å². The fourth-order valence-corrected chi connectivity index (χ4v) is 3.01. The van der Waals surface area contributed by atoms with E-state index < -0.39 is 0 Å². The standard InChI is InChI=1S/C17H14N2O5S/c20-16(4-2-11-1-3-13-14(7-11)23-10-22-13)21-8-15-18-17(19-24-15)12-5-6-25-9-12/h1,3,5-7,9H,2,4,8,10H2. The number of aromatic nitrogens is 2. The minimum absolute atomic E-state index is 0.0306. The molecule has 0 atom stereocenters. The van der Waals surface area contributed by atoms with Gasteiger partial charge in [0.1, 0.15) is 0 Å². The van der Waals surface area contributed by atoms with E-state index in [0.717, 1.165) is 16.9 Å². The van der Waals surface area contributed by atoms with Gasteiger partial charge in [-0.25, -0.2) is 0 Å². The molecule has 2 aromatic heterocycles. The topological polar surface area (TPSA) is 83.7 Å². The first-order valence-electron chi connectivity index (χ1n) is 7.67. The van der Waals surface area contributed by atoms with Gasteiger partial charge in [-0.1, -0.05) is 11.2 Å². The zero-order chi connectivity index (χ0) is 17.1. The van der Waals surface area contributed by atoms with Crippen molar-refractivity contribution in [3.63, 3.8) is 0 Å². The van der Waals surface area contributed by atoms with E-state index in [1.54, 1.807) is 11.3 Å². The Morgan fingerprint density at radius 1 is 1.24 bits per heavy atom. The number of hydrogen-bond acceptors (Lipinski definition) is 8. The van der Waals surface area contributed by atoms with Crippen molar-refractivity contribution in [2.75, 3.05) is 6.79 Å². The minimum atomic E-state index is -0.326. The monoisotopic (exact) mass is 358 g/mol. The van der Waals surface area contributed by atoms with Gasteiger partial charge in [0, 0.05) is 17.4 Å². The Balaban J connectivity index is 1.27. The maximum atomic E-state index is 11.9. The normalized spacial score (nSPS) is 12.3. The third-order valence-corrected chi connectivity index (χ3v) is 4.34. The van der Waals surface area contributed by atoms with Gasteiger partial charge in [-0.05, 0) is 35.6 Å². The van der Waals surface area contributed by atoms with Crippen LogP contribution in [0.25, 0.3) is 11.4 Å². The molecule has 25 heavy (non-hydrogen) atoms. The number of esters is 1. The van der Waals surface area contributed by atoms with Crippen molar-refractivity contribution in [2.45, 2.75) is 19.4 Å². The smallest absolute Gasteiger partial charge is 0.306 e. The van der Waals surface area contributed by atoms with Gasteiger partial charge in [0.15, 0.2) is 18.1 Å². The molecule has 0 fully saturated rings. The fraction of sp³-hybridized carbons (Fsp3) is 0.235. The van der Waals surface area contributed by atoms with Crippen LogP contribution < -0.4 is 9.47 Å². The predicted molar refractivity (Wildman–Crippen MR) is 88.3 cm³/mol. The van der Waals surface area contributed by atoms with Crippen LogP contribution in [0.1, 0.15) is 17.9 Å². The van der Waals surface area contributed by atoms with E-state index in [0.29, 0.717) is 18.0 Å². The second-order valence-electron chi connectivity index (χ2n) is 5.37. The lowest BCUT2D eigenvalue weighted by molar-refractivity contribution is -0.145. The number of ether oxygens (including phenoxy) is 3. The van der Waals surface area contributed by atoms with Gasteiger partial charge in [0.25, 0.3) is 5.89 Å². The average Bonchev–Trinajstić information content (AvgIpc) is 3.38. The number of carbonyl (C=O) groups excluding carboxylic acids is 1. The maximum absolute atomic E-state index is 11.9. The van der Waals surface area contributed by atoms with Crippen molar-refractivity contribution < 1.29 is 23.5 Å². The molecule has 0 amide bonds. The molecular formula is C17H14N2O5S. The Morgan fingerprint density at radius 3 is 3.04 bits per heavy atom. The van der Waals surface area contributed by atoms with Crippen molar-refractivity contribution in [1.29, 1.82) is 0 Å². The van der Waals surface area contributed by atoms with Crippen LogP contribution in [0.4, 0.5) is 0 Å². The van der Waals surface area contributed by atoms with Crippen LogP contribution in [0.2, 0.25) is 0 Å². The molecule has 1 aliphatic heterocycles. The number of hydrogen-bond donors (Lipinski definition) is 0. The quantitative estimate of drug-likeness (QED) is 0.626. The van der Waals surface area contributed by atoms with E-state index in [9.17, 15) is 4.79 Å². The Labute approximate surface area is 147 Å². The summed E-state index contributed by atoms with van der Waals surface area (Å²) in [7, 11) is 0. The van der Waals surface area contributed by atoms with Crippen LogP contribution in [-0.2, 0) is 22.6 Å². The van der Waals surface area contributed by atoms with Gasteiger partial charge in [0.05, 0.1) is 0 Å². The summed E-state index contributed by atoms with van der Waals surface area (Å²) in [5.74, 6) is 1.88. The molecule has 0 spiro atoms. The summed E-state index contributed by atoms with van der Waals surface area (Å²) < 4.78 is 20.9. The molecule has 3 aromatic rings. The summed E-state index contributed by atoms with van der Waals surface area (Å²) in [4.78, 5) is 16.1. The zero-order valence-electron chi connectivity index (χ0n) is 13.1. The lowest BCUT2D eigenvalue weighted by Gasteiger charge is -2.03. The molecule has 0 unspecified atom stereocenters. The van der Waals surface area contributed by atoms with Crippen LogP contribution in [0.5, 0.6) is 11.5 Å². The zero-order valence-corrected chi connectivity index (χ0v) is 14.0. The molecule has 0 aliphatic carbocycles. The van der Waals surface area contributed by atoms with Gasteiger partial charge >= 0.3 is 5.97 Å². The first kappa shape index (κ1) is 15.6. The van der Waals surface area contributed by atoms with Crippen molar-refractivity contribution in [2.24, 2.45) is 0 Å². The molecule has 0 saturated heterocycles. The Hall–Kier alpha value is -2.87. The van der Waals surface area contributed by atoms with E-state index in [1.165, 1.54) is 0 Å². The second kappa shape index (κ2) is 6.94. The summed E-state index contributed by atoms with van der Waals surface area (Å²) in [6.45, 7) is 0.204. The summed E-state index contributed by atoms with van der Waals surface area (Å²) in [6, 6.07) is 7.52. The molecule has 1 aromatic carbocycles. The SMILES string of the molecule is O=C(CCc1ccc2c(c1)OCO2)OCc1nc(-c2ccsc2)no1. The number of carbonyl (C=O) groups is 1. The highest BCUT2D eigenvalue weighted by Gasteiger charge is 2.15. The molecule has 0 radical (unpaired) electrons. The molecule has 0 bridgehead atoms.